The summed E-state index contributed by atoms with van der Waals surface area (Å²) < 4.78 is 4.65. The molecule has 0 bridgehead atoms. The van der Waals surface area contributed by atoms with Crippen molar-refractivity contribution < 1.29 is 23.9 Å². The highest BCUT2D eigenvalue weighted by Crippen LogP contribution is 2.39. The van der Waals surface area contributed by atoms with Gasteiger partial charge < -0.3 is 10.1 Å². The maximum atomic E-state index is 12.8. The molecule has 0 radical (unpaired) electrons. The summed E-state index contributed by atoms with van der Waals surface area (Å²) in [4.78, 5) is 50.9. The number of nitrogens with zero attached hydrogens (tertiary/aromatic N) is 1. The van der Waals surface area contributed by atoms with E-state index in [0.29, 0.717) is 35.3 Å². The van der Waals surface area contributed by atoms with E-state index in [9.17, 15) is 19.2 Å². The second kappa shape index (κ2) is 8.18. The van der Waals surface area contributed by atoms with Gasteiger partial charge in [-0.15, -0.1) is 0 Å². The Morgan fingerprint density at radius 1 is 0.935 bits per heavy atom. The molecule has 2 aromatic rings. The van der Waals surface area contributed by atoms with Gasteiger partial charge in [-0.05, 0) is 68.3 Å². The quantitative estimate of drug-likeness (QED) is 0.466. The largest absolute Gasteiger partial charge is 0.465 e. The first-order valence-corrected chi connectivity index (χ1v) is 10.0. The standard InChI is InChI=1S/C24H22N2O5/c1-14-3-12-19-20(13-14)23(29)26(22(19)28)18-10-6-15(7-11-18)21(27)25-17-8-4-16(5-9-17)24(30)31-2/h3-11,19-20H,12-13H2,1-2H3,(H,25,27)/t19-,20-/m1/s1. The van der Waals surface area contributed by atoms with Crippen LogP contribution in [0.25, 0.3) is 0 Å². The predicted octanol–water partition coefficient (Wildman–Crippen LogP) is 3.57. The molecule has 7 heteroatoms. The van der Waals surface area contributed by atoms with Crippen LogP contribution in [0.2, 0.25) is 0 Å². The molecule has 2 aliphatic rings. The summed E-state index contributed by atoms with van der Waals surface area (Å²) >= 11 is 0. The van der Waals surface area contributed by atoms with Gasteiger partial charge in [0.05, 0.1) is 30.2 Å². The predicted molar refractivity (Wildman–Crippen MR) is 115 cm³/mol. The summed E-state index contributed by atoms with van der Waals surface area (Å²) in [5.74, 6) is -1.75. The minimum atomic E-state index is -0.453. The number of imide groups is 1. The van der Waals surface area contributed by atoms with Gasteiger partial charge in [0.2, 0.25) is 11.8 Å². The summed E-state index contributed by atoms with van der Waals surface area (Å²) in [5.41, 5.74) is 2.90. The number of carbonyl (C=O) groups excluding carboxylic acids is 4. The van der Waals surface area contributed by atoms with Gasteiger partial charge in [-0.1, -0.05) is 11.6 Å². The van der Waals surface area contributed by atoms with E-state index >= 15 is 0 Å². The zero-order chi connectivity index (χ0) is 22.1. The lowest BCUT2D eigenvalue weighted by atomic mass is 9.82. The molecule has 4 rings (SSSR count). The Morgan fingerprint density at radius 3 is 2.19 bits per heavy atom. The molecular formula is C24H22N2O5. The van der Waals surface area contributed by atoms with Crippen LogP contribution in [0.15, 0.2) is 60.2 Å². The Kier molecular flexibility index (Phi) is 5.42. The average Bonchev–Trinajstić information content (AvgIpc) is 3.03. The minimum absolute atomic E-state index is 0.176. The van der Waals surface area contributed by atoms with Crippen molar-refractivity contribution in [3.63, 3.8) is 0 Å². The van der Waals surface area contributed by atoms with E-state index in [4.69, 9.17) is 0 Å². The van der Waals surface area contributed by atoms with Crippen molar-refractivity contribution in [2.24, 2.45) is 11.8 Å². The van der Waals surface area contributed by atoms with Gasteiger partial charge in [0.15, 0.2) is 0 Å². The fraction of sp³-hybridized carbons (Fsp3) is 0.250. The van der Waals surface area contributed by atoms with E-state index in [1.165, 1.54) is 12.0 Å². The molecule has 2 aromatic carbocycles. The van der Waals surface area contributed by atoms with Crippen LogP contribution in [-0.4, -0.2) is 30.8 Å². The number of benzene rings is 2. The Hall–Kier alpha value is -3.74. The highest BCUT2D eigenvalue weighted by atomic mass is 16.5. The summed E-state index contributed by atoms with van der Waals surface area (Å²) in [6, 6.07) is 12.7. The van der Waals surface area contributed by atoms with Crippen LogP contribution in [0.5, 0.6) is 0 Å². The van der Waals surface area contributed by atoms with Crippen LogP contribution in [0, 0.1) is 11.8 Å². The van der Waals surface area contributed by atoms with Gasteiger partial charge in [0.1, 0.15) is 0 Å². The molecule has 0 aromatic heterocycles. The van der Waals surface area contributed by atoms with Gasteiger partial charge >= 0.3 is 5.97 Å². The summed E-state index contributed by atoms with van der Waals surface area (Å²) in [6.07, 6.45) is 3.23. The number of methoxy groups -OCH3 is 1. The van der Waals surface area contributed by atoms with Crippen LogP contribution in [0.1, 0.15) is 40.5 Å². The van der Waals surface area contributed by atoms with Crippen LogP contribution < -0.4 is 10.2 Å². The third-order valence-electron chi connectivity index (χ3n) is 5.77. The Balaban J connectivity index is 1.46. The highest BCUT2D eigenvalue weighted by Gasteiger charge is 2.48. The summed E-state index contributed by atoms with van der Waals surface area (Å²) in [5, 5.41) is 2.75. The van der Waals surface area contributed by atoms with Crippen LogP contribution in [0.3, 0.4) is 0 Å². The SMILES string of the molecule is COC(=O)c1ccc(NC(=O)c2ccc(N3C(=O)[C@@H]4CC=C(C)C[C@H]4C3=O)cc2)cc1. The van der Waals surface area contributed by atoms with Crippen molar-refractivity contribution in [1.29, 1.82) is 0 Å². The smallest absolute Gasteiger partial charge is 0.337 e. The number of hydrogen-bond acceptors (Lipinski definition) is 5. The molecule has 158 valence electrons. The Morgan fingerprint density at radius 2 is 1.55 bits per heavy atom. The summed E-state index contributed by atoms with van der Waals surface area (Å²) in [7, 11) is 1.30. The molecule has 7 nitrogen and oxygen atoms in total. The number of carbonyl (C=O) groups is 4. The molecule has 1 aliphatic carbocycles. The first-order chi connectivity index (χ1) is 14.9. The number of fused-ring (bicyclic) bond motifs is 1. The second-order valence-electron chi connectivity index (χ2n) is 7.79. The topological polar surface area (TPSA) is 92.8 Å². The lowest BCUT2D eigenvalue weighted by Crippen LogP contribution is -2.30. The molecule has 2 atom stereocenters. The minimum Gasteiger partial charge on any atom is -0.465 e. The molecule has 0 saturated carbocycles. The van der Waals surface area contributed by atoms with Gasteiger partial charge in [-0.3, -0.25) is 19.3 Å². The second-order valence-corrected chi connectivity index (χ2v) is 7.79. The Bertz CT molecular complexity index is 1090. The van der Waals surface area contributed by atoms with Gasteiger partial charge in [0.25, 0.3) is 5.91 Å². The van der Waals surface area contributed by atoms with Crippen molar-refractivity contribution >= 4 is 35.1 Å². The molecule has 1 fully saturated rings. The molecule has 1 heterocycles. The first kappa shape index (κ1) is 20.5. The van der Waals surface area contributed by atoms with E-state index in [2.05, 4.69) is 10.1 Å². The lowest BCUT2D eigenvalue weighted by Gasteiger charge is -2.18. The van der Waals surface area contributed by atoms with E-state index < -0.39 is 5.97 Å². The fourth-order valence-electron chi connectivity index (χ4n) is 4.06. The van der Waals surface area contributed by atoms with Crippen molar-refractivity contribution in [3.8, 4) is 0 Å². The number of hydrogen-bond donors (Lipinski definition) is 1. The molecule has 0 unspecified atom stereocenters. The lowest BCUT2D eigenvalue weighted by molar-refractivity contribution is -0.122. The number of allylic oxidation sites excluding steroid dienone is 2. The van der Waals surface area contributed by atoms with Crippen molar-refractivity contribution in [2.75, 3.05) is 17.3 Å². The number of nitrogens with one attached hydrogen (secondary N) is 1. The third kappa shape index (κ3) is 3.86. The monoisotopic (exact) mass is 418 g/mol. The molecule has 1 saturated heterocycles. The third-order valence-corrected chi connectivity index (χ3v) is 5.77. The zero-order valence-corrected chi connectivity index (χ0v) is 17.3. The number of esters is 1. The Labute approximate surface area is 179 Å². The maximum absolute atomic E-state index is 12.8. The van der Waals surface area contributed by atoms with Gasteiger partial charge in [0, 0.05) is 11.3 Å². The molecule has 0 spiro atoms. The first-order valence-electron chi connectivity index (χ1n) is 10.0. The molecular weight excluding hydrogens is 396 g/mol. The maximum Gasteiger partial charge on any atom is 0.337 e. The van der Waals surface area contributed by atoms with Crippen molar-refractivity contribution in [1.82, 2.24) is 0 Å². The zero-order valence-electron chi connectivity index (χ0n) is 17.3. The van der Waals surface area contributed by atoms with Crippen LogP contribution >= 0.6 is 0 Å². The number of anilines is 2. The normalized spacial score (nSPS) is 20.2. The van der Waals surface area contributed by atoms with Gasteiger partial charge in [-0.25, -0.2) is 4.79 Å². The highest BCUT2D eigenvalue weighted by molar-refractivity contribution is 6.22. The van der Waals surface area contributed by atoms with Gasteiger partial charge in [-0.2, -0.15) is 0 Å². The van der Waals surface area contributed by atoms with E-state index in [1.54, 1.807) is 48.5 Å². The average molecular weight is 418 g/mol. The number of rotatable bonds is 4. The number of ether oxygens (including phenoxy) is 1. The molecule has 1 N–H and O–H groups in total. The van der Waals surface area contributed by atoms with Crippen LogP contribution in [0.4, 0.5) is 11.4 Å². The molecule has 31 heavy (non-hydrogen) atoms. The van der Waals surface area contributed by atoms with Crippen molar-refractivity contribution in [3.05, 3.63) is 71.3 Å². The van der Waals surface area contributed by atoms with Crippen molar-refractivity contribution in [2.45, 2.75) is 19.8 Å². The van der Waals surface area contributed by atoms with Crippen LogP contribution in [-0.2, 0) is 14.3 Å². The molecule has 3 amide bonds. The number of amides is 3. The summed E-state index contributed by atoms with van der Waals surface area (Å²) in [6.45, 7) is 1.98. The van der Waals surface area contributed by atoms with E-state index in [-0.39, 0.29) is 29.6 Å². The van der Waals surface area contributed by atoms with E-state index in [1.807, 2.05) is 13.0 Å². The van der Waals surface area contributed by atoms with E-state index in [0.717, 1.165) is 5.57 Å². The fourth-order valence-corrected chi connectivity index (χ4v) is 4.06. The molecule has 1 aliphatic heterocycles.